The van der Waals surface area contributed by atoms with Gasteiger partial charge in [-0.05, 0) is 25.0 Å². The SMILES string of the molecule is Nc1ccc(N2CCC(C3OCCO3)CC2)c2ncoc12. The minimum atomic E-state index is -0.00867. The molecule has 21 heavy (non-hydrogen) atoms. The van der Waals surface area contributed by atoms with E-state index in [-0.39, 0.29) is 6.29 Å². The van der Waals surface area contributed by atoms with Crippen molar-refractivity contribution in [2.75, 3.05) is 36.9 Å². The zero-order chi connectivity index (χ0) is 14.2. The molecular formula is C15H19N3O3. The summed E-state index contributed by atoms with van der Waals surface area (Å²) in [7, 11) is 0. The number of ether oxygens (including phenoxy) is 2. The highest BCUT2D eigenvalue weighted by atomic mass is 16.7. The van der Waals surface area contributed by atoms with Crippen LogP contribution < -0.4 is 10.6 Å². The molecule has 0 spiro atoms. The Labute approximate surface area is 122 Å². The van der Waals surface area contributed by atoms with Gasteiger partial charge in [-0.3, -0.25) is 0 Å². The van der Waals surface area contributed by atoms with Crippen molar-refractivity contribution in [1.82, 2.24) is 4.98 Å². The second kappa shape index (κ2) is 5.20. The Kier molecular flexibility index (Phi) is 3.20. The summed E-state index contributed by atoms with van der Waals surface area (Å²) >= 11 is 0. The normalized spacial score (nSPS) is 21.4. The van der Waals surface area contributed by atoms with Crippen molar-refractivity contribution in [2.24, 2.45) is 5.92 Å². The molecule has 2 aliphatic heterocycles. The van der Waals surface area contributed by atoms with Crippen molar-refractivity contribution in [3.8, 4) is 0 Å². The Bertz CT molecular complexity index is 628. The number of oxazole rings is 1. The largest absolute Gasteiger partial charge is 0.441 e. The fourth-order valence-electron chi connectivity index (χ4n) is 3.27. The number of hydrogen-bond acceptors (Lipinski definition) is 6. The molecule has 1 aromatic carbocycles. The van der Waals surface area contributed by atoms with Gasteiger partial charge < -0.3 is 24.5 Å². The second-order valence-corrected chi connectivity index (χ2v) is 5.64. The maximum Gasteiger partial charge on any atom is 0.182 e. The fraction of sp³-hybridized carbons (Fsp3) is 0.533. The van der Waals surface area contributed by atoms with E-state index in [0.717, 1.165) is 50.3 Å². The smallest absolute Gasteiger partial charge is 0.182 e. The predicted molar refractivity (Wildman–Crippen MR) is 79.1 cm³/mol. The number of hydrogen-bond donors (Lipinski definition) is 1. The van der Waals surface area contributed by atoms with Crippen molar-refractivity contribution < 1.29 is 13.9 Å². The van der Waals surface area contributed by atoms with Crippen LogP contribution in [0.3, 0.4) is 0 Å². The van der Waals surface area contributed by atoms with E-state index in [1.165, 1.54) is 6.39 Å². The zero-order valence-electron chi connectivity index (χ0n) is 11.8. The minimum absolute atomic E-state index is 0.00867. The molecule has 2 fully saturated rings. The zero-order valence-corrected chi connectivity index (χ0v) is 11.8. The lowest BCUT2D eigenvalue weighted by atomic mass is 9.95. The van der Waals surface area contributed by atoms with Crippen LogP contribution in [0.1, 0.15) is 12.8 Å². The van der Waals surface area contributed by atoms with Crippen molar-refractivity contribution in [1.29, 1.82) is 0 Å². The molecule has 1 aromatic heterocycles. The van der Waals surface area contributed by atoms with Crippen LogP contribution in [0.4, 0.5) is 11.4 Å². The van der Waals surface area contributed by atoms with E-state index in [9.17, 15) is 0 Å². The molecule has 0 saturated carbocycles. The van der Waals surface area contributed by atoms with E-state index >= 15 is 0 Å². The molecule has 3 heterocycles. The summed E-state index contributed by atoms with van der Waals surface area (Å²) < 4.78 is 16.6. The van der Waals surface area contributed by atoms with Crippen molar-refractivity contribution in [3.05, 3.63) is 18.5 Å². The van der Waals surface area contributed by atoms with Gasteiger partial charge in [0.1, 0.15) is 5.52 Å². The number of aromatic nitrogens is 1. The number of rotatable bonds is 2. The van der Waals surface area contributed by atoms with Gasteiger partial charge in [0.05, 0.1) is 24.6 Å². The number of nitrogen functional groups attached to an aromatic ring is 1. The molecule has 2 aliphatic rings. The van der Waals surface area contributed by atoms with Crippen LogP contribution in [0.5, 0.6) is 0 Å². The number of benzene rings is 1. The highest BCUT2D eigenvalue weighted by Crippen LogP contribution is 2.33. The van der Waals surface area contributed by atoms with Crippen LogP contribution >= 0.6 is 0 Å². The number of nitrogens with zero attached hydrogens (tertiary/aromatic N) is 2. The first-order valence-corrected chi connectivity index (χ1v) is 7.43. The molecule has 6 heteroatoms. The molecule has 2 aromatic rings. The molecule has 2 saturated heterocycles. The molecule has 0 aliphatic carbocycles. The average molecular weight is 289 g/mol. The van der Waals surface area contributed by atoms with Crippen LogP contribution in [0.2, 0.25) is 0 Å². The first kappa shape index (κ1) is 12.9. The van der Waals surface area contributed by atoms with Gasteiger partial charge in [-0.15, -0.1) is 0 Å². The van der Waals surface area contributed by atoms with E-state index in [1.807, 2.05) is 12.1 Å². The topological polar surface area (TPSA) is 73.8 Å². The fourth-order valence-corrected chi connectivity index (χ4v) is 3.27. The predicted octanol–water partition coefficient (Wildman–Crippen LogP) is 2.00. The molecule has 2 N–H and O–H groups in total. The highest BCUT2D eigenvalue weighted by Gasteiger charge is 2.31. The van der Waals surface area contributed by atoms with Gasteiger partial charge in [-0.1, -0.05) is 0 Å². The summed E-state index contributed by atoms with van der Waals surface area (Å²) in [6.07, 6.45) is 3.57. The summed E-state index contributed by atoms with van der Waals surface area (Å²) in [5, 5.41) is 0. The Morgan fingerprint density at radius 2 is 1.90 bits per heavy atom. The molecular weight excluding hydrogens is 270 g/mol. The lowest BCUT2D eigenvalue weighted by Crippen LogP contribution is -2.38. The molecule has 0 amide bonds. The number of anilines is 2. The molecule has 112 valence electrons. The summed E-state index contributed by atoms with van der Waals surface area (Å²) in [5.41, 5.74) is 9.18. The van der Waals surface area contributed by atoms with Crippen molar-refractivity contribution >= 4 is 22.5 Å². The summed E-state index contributed by atoms with van der Waals surface area (Å²) in [4.78, 5) is 6.66. The van der Waals surface area contributed by atoms with E-state index in [2.05, 4.69) is 9.88 Å². The summed E-state index contributed by atoms with van der Waals surface area (Å²) in [6, 6.07) is 3.92. The maximum atomic E-state index is 5.92. The maximum absolute atomic E-state index is 5.92. The Hall–Kier alpha value is -1.79. The van der Waals surface area contributed by atoms with Crippen LogP contribution in [0.25, 0.3) is 11.1 Å². The Balaban J connectivity index is 1.52. The highest BCUT2D eigenvalue weighted by molar-refractivity contribution is 5.94. The summed E-state index contributed by atoms with van der Waals surface area (Å²) in [5.74, 6) is 0.491. The van der Waals surface area contributed by atoms with Crippen molar-refractivity contribution in [3.63, 3.8) is 0 Å². The molecule has 6 nitrogen and oxygen atoms in total. The third-order valence-electron chi connectivity index (χ3n) is 4.41. The molecule has 0 unspecified atom stereocenters. The van der Waals surface area contributed by atoms with E-state index in [1.54, 1.807) is 0 Å². The number of piperidine rings is 1. The molecule has 0 bridgehead atoms. The standard InChI is InChI=1S/C15H19N3O3/c16-11-1-2-12(13-14(11)21-9-17-13)18-5-3-10(4-6-18)15-19-7-8-20-15/h1-2,9-10,15H,3-8,16H2. The minimum Gasteiger partial charge on any atom is -0.441 e. The average Bonchev–Trinajstić information content (AvgIpc) is 3.20. The van der Waals surface area contributed by atoms with E-state index < -0.39 is 0 Å². The van der Waals surface area contributed by atoms with Gasteiger partial charge in [-0.25, -0.2) is 4.98 Å². The van der Waals surface area contributed by atoms with E-state index in [0.29, 0.717) is 17.2 Å². The van der Waals surface area contributed by atoms with Crippen LogP contribution in [0, 0.1) is 5.92 Å². The van der Waals surface area contributed by atoms with Gasteiger partial charge >= 0.3 is 0 Å². The number of fused-ring (bicyclic) bond motifs is 1. The Morgan fingerprint density at radius 3 is 2.67 bits per heavy atom. The van der Waals surface area contributed by atoms with Gasteiger partial charge in [-0.2, -0.15) is 0 Å². The van der Waals surface area contributed by atoms with Gasteiger partial charge in [0.2, 0.25) is 0 Å². The summed E-state index contributed by atoms with van der Waals surface area (Å²) in [6.45, 7) is 3.39. The molecule has 4 rings (SSSR count). The monoisotopic (exact) mass is 289 g/mol. The van der Waals surface area contributed by atoms with Crippen LogP contribution in [-0.2, 0) is 9.47 Å². The third kappa shape index (κ3) is 2.24. The first-order chi connectivity index (χ1) is 10.3. The van der Waals surface area contributed by atoms with Crippen LogP contribution in [0.15, 0.2) is 22.9 Å². The molecule has 0 atom stereocenters. The lowest BCUT2D eigenvalue weighted by molar-refractivity contribution is -0.0889. The molecule has 0 radical (unpaired) electrons. The van der Waals surface area contributed by atoms with Crippen molar-refractivity contribution in [2.45, 2.75) is 19.1 Å². The lowest BCUT2D eigenvalue weighted by Gasteiger charge is -2.35. The van der Waals surface area contributed by atoms with Gasteiger partial charge in [0.25, 0.3) is 0 Å². The quantitative estimate of drug-likeness (QED) is 0.852. The van der Waals surface area contributed by atoms with Gasteiger partial charge in [0.15, 0.2) is 18.3 Å². The van der Waals surface area contributed by atoms with Gasteiger partial charge in [0, 0.05) is 19.0 Å². The van der Waals surface area contributed by atoms with E-state index in [4.69, 9.17) is 19.6 Å². The van der Waals surface area contributed by atoms with Crippen LogP contribution in [-0.4, -0.2) is 37.6 Å². The Morgan fingerprint density at radius 1 is 1.14 bits per heavy atom. The third-order valence-corrected chi connectivity index (χ3v) is 4.41. The second-order valence-electron chi connectivity index (χ2n) is 5.64. The first-order valence-electron chi connectivity index (χ1n) is 7.43. The number of nitrogens with two attached hydrogens (primary N) is 1.